The fourth-order valence-corrected chi connectivity index (χ4v) is 3.82. The minimum Gasteiger partial charge on any atom is -0.385 e. The first-order chi connectivity index (χ1) is 14.0. The molecule has 0 radical (unpaired) electrons. The first-order valence-electron chi connectivity index (χ1n) is 9.15. The molecule has 1 unspecified atom stereocenters. The summed E-state index contributed by atoms with van der Waals surface area (Å²) in [6.07, 6.45) is 10.9. The van der Waals surface area contributed by atoms with Crippen molar-refractivity contribution >= 4 is 11.8 Å². The molecule has 2 aromatic rings. The second kappa shape index (κ2) is 7.31. The third-order valence-electron chi connectivity index (χ3n) is 5.26. The monoisotopic (exact) mass is 388 g/mol. The molecule has 2 aliphatic rings. The van der Waals surface area contributed by atoms with Crippen molar-refractivity contribution in [2.24, 2.45) is 11.1 Å². The molecule has 146 valence electrons. The Hall–Kier alpha value is -3.81. The molecule has 4 N–H and O–H groups in total. The van der Waals surface area contributed by atoms with Gasteiger partial charge in [0.05, 0.1) is 17.7 Å². The van der Waals surface area contributed by atoms with Crippen LogP contribution in [0.2, 0.25) is 0 Å². The van der Waals surface area contributed by atoms with Gasteiger partial charge in [-0.3, -0.25) is 14.6 Å². The average molecular weight is 388 g/mol. The third kappa shape index (κ3) is 3.29. The van der Waals surface area contributed by atoms with E-state index in [2.05, 4.69) is 32.2 Å². The van der Waals surface area contributed by atoms with Crippen LogP contribution in [0.25, 0.3) is 0 Å². The van der Waals surface area contributed by atoms with Crippen molar-refractivity contribution in [2.75, 3.05) is 0 Å². The summed E-state index contributed by atoms with van der Waals surface area (Å²) in [7, 11) is 0. The second-order valence-corrected chi connectivity index (χ2v) is 7.03. The predicted molar refractivity (Wildman–Crippen MR) is 106 cm³/mol. The molecule has 3 heterocycles. The number of pyridine rings is 1. The lowest BCUT2D eigenvalue weighted by Gasteiger charge is -2.21. The van der Waals surface area contributed by atoms with Gasteiger partial charge in [0.2, 0.25) is 5.91 Å². The Morgan fingerprint density at radius 3 is 2.93 bits per heavy atom. The summed E-state index contributed by atoms with van der Waals surface area (Å²) >= 11 is 0. The van der Waals surface area contributed by atoms with Gasteiger partial charge in [0, 0.05) is 18.0 Å². The van der Waals surface area contributed by atoms with Crippen molar-refractivity contribution in [1.29, 1.82) is 0 Å². The zero-order valence-electron chi connectivity index (χ0n) is 15.7. The quantitative estimate of drug-likeness (QED) is 0.655. The van der Waals surface area contributed by atoms with Gasteiger partial charge in [-0.2, -0.15) is 0 Å². The predicted octanol–water partition coefficient (Wildman–Crippen LogP) is 0.929. The molecule has 2 amide bonds. The van der Waals surface area contributed by atoms with E-state index in [-0.39, 0.29) is 18.4 Å². The van der Waals surface area contributed by atoms with Crippen LogP contribution in [0.5, 0.6) is 0 Å². The van der Waals surface area contributed by atoms with Crippen molar-refractivity contribution in [3.63, 3.8) is 0 Å². The summed E-state index contributed by atoms with van der Waals surface area (Å²) < 4.78 is 0. The second-order valence-electron chi connectivity index (χ2n) is 7.03. The Bertz CT molecular complexity index is 1060. The van der Waals surface area contributed by atoms with Crippen LogP contribution in [0.15, 0.2) is 67.1 Å². The van der Waals surface area contributed by atoms with Gasteiger partial charge in [-0.15, -0.1) is 0 Å². The van der Waals surface area contributed by atoms with Gasteiger partial charge in [0.1, 0.15) is 17.8 Å². The van der Waals surface area contributed by atoms with Crippen LogP contribution in [-0.2, 0) is 24.2 Å². The van der Waals surface area contributed by atoms with E-state index >= 15 is 0 Å². The normalized spacial score (nSPS) is 20.2. The van der Waals surface area contributed by atoms with Gasteiger partial charge in [0.15, 0.2) is 0 Å². The number of nitrogens with one attached hydrogen (secondary N) is 2. The number of aromatic nitrogens is 3. The number of hydrogen-bond acceptors (Lipinski definition) is 6. The number of fused-ring (bicyclic) bond motifs is 1. The van der Waals surface area contributed by atoms with Crippen molar-refractivity contribution in [1.82, 2.24) is 25.6 Å². The average Bonchev–Trinajstić information content (AvgIpc) is 3.22. The van der Waals surface area contributed by atoms with Gasteiger partial charge in [-0.25, -0.2) is 9.97 Å². The SMILES string of the molecule is C=C/C=C\C1=C(N)NC(=O)C12Cc1cnc(C(=O)NCc3ccncn3)cc1C2. The standard InChI is InChI=1S/C21H20N6O2/c1-2-3-4-16-18(22)27-20(29)21(16)8-13-7-17(24-10-14(13)9-21)19(28)25-11-15-5-6-23-12-26-15/h2-7,10,12H,1,8-9,11,22H2,(H,25,28)(H,27,29)/b4-3-. The molecule has 0 aromatic carbocycles. The zero-order chi connectivity index (χ0) is 20.4. The Balaban J connectivity index is 1.55. The first-order valence-corrected chi connectivity index (χ1v) is 9.15. The maximum absolute atomic E-state index is 12.7. The topological polar surface area (TPSA) is 123 Å². The zero-order valence-corrected chi connectivity index (χ0v) is 15.7. The van der Waals surface area contributed by atoms with Gasteiger partial charge in [-0.05, 0) is 36.1 Å². The fraction of sp³-hybridized carbons (Fsp3) is 0.190. The molecule has 0 fully saturated rings. The molecule has 0 saturated heterocycles. The van der Waals surface area contributed by atoms with Crippen molar-refractivity contribution in [3.8, 4) is 0 Å². The number of carbonyl (C=O) groups is 2. The molecule has 1 aliphatic carbocycles. The molecule has 8 heteroatoms. The molecule has 4 rings (SSSR count). The molecular weight excluding hydrogens is 368 g/mol. The van der Waals surface area contributed by atoms with Crippen LogP contribution in [0.1, 0.15) is 27.3 Å². The van der Waals surface area contributed by atoms with E-state index in [9.17, 15) is 9.59 Å². The van der Waals surface area contributed by atoms with Gasteiger partial charge in [0.25, 0.3) is 5.91 Å². The van der Waals surface area contributed by atoms with E-state index in [1.54, 1.807) is 36.7 Å². The largest absolute Gasteiger partial charge is 0.385 e. The summed E-state index contributed by atoms with van der Waals surface area (Å²) in [6.45, 7) is 3.95. The molecule has 0 saturated carbocycles. The third-order valence-corrected chi connectivity index (χ3v) is 5.26. The van der Waals surface area contributed by atoms with Crippen LogP contribution < -0.4 is 16.4 Å². The Morgan fingerprint density at radius 1 is 1.34 bits per heavy atom. The summed E-state index contributed by atoms with van der Waals surface area (Å²) in [4.78, 5) is 37.4. The maximum Gasteiger partial charge on any atom is 0.270 e. The van der Waals surface area contributed by atoms with E-state index in [1.807, 2.05) is 6.08 Å². The smallest absolute Gasteiger partial charge is 0.270 e. The highest BCUT2D eigenvalue weighted by molar-refractivity contribution is 5.95. The molecule has 1 aliphatic heterocycles. The van der Waals surface area contributed by atoms with Crippen molar-refractivity contribution < 1.29 is 9.59 Å². The first kappa shape index (κ1) is 18.5. The Kier molecular flexibility index (Phi) is 4.67. The molecule has 8 nitrogen and oxygen atoms in total. The van der Waals surface area contributed by atoms with E-state index in [1.165, 1.54) is 6.33 Å². The molecule has 1 atom stereocenters. The van der Waals surface area contributed by atoms with Crippen LogP contribution in [-0.4, -0.2) is 26.8 Å². The van der Waals surface area contributed by atoms with Gasteiger partial charge in [-0.1, -0.05) is 24.8 Å². The molecule has 1 spiro atoms. The summed E-state index contributed by atoms with van der Waals surface area (Å²) in [5, 5.41) is 5.54. The van der Waals surface area contributed by atoms with E-state index < -0.39 is 5.41 Å². The molecular formula is C21H20N6O2. The van der Waals surface area contributed by atoms with Crippen LogP contribution in [0.4, 0.5) is 0 Å². The summed E-state index contributed by atoms with van der Waals surface area (Å²) in [6, 6.07) is 3.48. The van der Waals surface area contributed by atoms with Crippen molar-refractivity contribution in [3.05, 3.63) is 89.6 Å². The number of hydrogen-bond donors (Lipinski definition) is 3. The Labute approximate surface area is 167 Å². The fourth-order valence-electron chi connectivity index (χ4n) is 3.82. The summed E-state index contributed by atoms with van der Waals surface area (Å²) in [5.41, 5.74) is 8.87. The number of carbonyl (C=O) groups excluding carboxylic acids is 2. The lowest BCUT2D eigenvalue weighted by atomic mass is 9.78. The number of amides is 2. The number of nitrogens with two attached hydrogens (primary N) is 1. The lowest BCUT2D eigenvalue weighted by molar-refractivity contribution is -0.126. The molecule has 29 heavy (non-hydrogen) atoms. The number of rotatable bonds is 5. The van der Waals surface area contributed by atoms with E-state index in [4.69, 9.17) is 5.73 Å². The van der Waals surface area contributed by atoms with E-state index in [0.717, 1.165) is 16.7 Å². The van der Waals surface area contributed by atoms with E-state index in [0.29, 0.717) is 30.1 Å². The number of nitrogens with zero attached hydrogens (tertiary/aromatic N) is 3. The Morgan fingerprint density at radius 2 is 2.17 bits per heavy atom. The highest BCUT2D eigenvalue weighted by atomic mass is 16.2. The minimum absolute atomic E-state index is 0.135. The highest BCUT2D eigenvalue weighted by Crippen LogP contribution is 2.46. The van der Waals surface area contributed by atoms with Crippen LogP contribution >= 0.6 is 0 Å². The molecule has 0 bridgehead atoms. The number of allylic oxidation sites excluding steroid dienone is 3. The lowest BCUT2D eigenvalue weighted by Crippen LogP contribution is -2.35. The van der Waals surface area contributed by atoms with Crippen LogP contribution in [0, 0.1) is 5.41 Å². The van der Waals surface area contributed by atoms with Crippen molar-refractivity contribution in [2.45, 2.75) is 19.4 Å². The van der Waals surface area contributed by atoms with Gasteiger partial charge >= 0.3 is 0 Å². The summed E-state index contributed by atoms with van der Waals surface area (Å²) in [5.74, 6) is -0.0774. The highest BCUT2D eigenvalue weighted by Gasteiger charge is 2.51. The molecule has 2 aromatic heterocycles. The van der Waals surface area contributed by atoms with Crippen LogP contribution in [0.3, 0.4) is 0 Å². The minimum atomic E-state index is -0.774. The van der Waals surface area contributed by atoms with Gasteiger partial charge < -0.3 is 16.4 Å². The maximum atomic E-state index is 12.7.